The van der Waals surface area contributed by atoms with E-state index in [0.29, 0.717) is 12.2 Å². The second kappa shape index (κ2) is 4.92. The highest BCUT2D eigenvalue weighted by Crippen LogP contribution is 2.25. The number of aromatic nitrogens is 2. The van der Waals surface area contributed by atoms with Crippen LogP contribution < -0.4 is 10.0 Å². The van der Waals surface area contributed by atoms with E-state index in [2.05, 4.69) is 15.1 Å². The molecule has 0 saturated carbocycles. The molecular formula is C13H16N4O2S. The smallest absolute Gasteiger partial charge is 0.279 e. The van der Waals surface area contributed by atoms with Crippen molar-refractivity contribution in [2.24, 2.45) is 7.05 Å². The zero-order chi connectivity index (χ0) is 14.2. The SMILES string of the molecule is Cn1nccc1S(=O)(=O)Nc1cccc2c1CNCC2. The highest BCUT2D eigenvalue weighted by molar-refractivity contribution is 7.92. The van der Waals surface area contributed by atoms with Crippen LogP contribution >= 0.6 is 0 Å². The zero-order valence-corrected chi connectivity index (χ0v) is 11.9. The third kappa shape index (κ3) is 2.30. The normalized spacial score (nSPS) is 14.8. The molecule has 2 aromatic rings. The molecule has 0 atom stereocenters. The second-order valence-electron chi connectivity index (χ2n) is 4.77. The largest absolute Gasteiger partial charge is 0.312 e. The van der Waals surface area contributed by atoms with Crippen molar-refractivity contribution in [2.75, 3.05) is 11.3 Å². The Morgan fingerprint density at radius 3 is 2.95 bits per heavy atom. The van der Waals surface area contributed by atoms with Crippen LogP contribution in [0, 0.1) is 0 Å². The van der Waals surface area contributed by atoms with E-state index >= 15 is 0 Å². The van der Waals surface area contributed by atoms with Crippen molar-refractivity contribution < 1.29 is 8.42 Å². The molecule has 0 saturated heterocycles. The van der Waals surface area contributed by atoms with Gasteiger partial charge in [0.1, 0.15) is 0 Å². The van der Waals surface area contributed by atoms with Crippen LogP contribution in [-0.2, 0) is 30.0 Å². The summed E-state index contributed by atoms with van der Waals surface area (Å²) in [5.74, 6) is 0. The first-order valence-electron chi connectivity index (χ1n) is 6.40. The fraction of sp³-hybridized carbons (Fsp3) is 0.308. The van der Waals surface area contributed by atoms with Crippen LogP contribution in [0.4, 0.5) is 5.69 Å². The summed E-state index contributed by atoms with van der Waals surface area (Å²) in [4.78, 5) is 0. The van der Waals surface area contributed by atoms with E-state index < -0.39 is 10.0 Å². The number of nitrogens with zero attached hydrogens (tertiary/aromatic N) is 2. The Labute approximate surface area is 117 Å². The topological polar surface area (TPSA) is 76.0 Å². The molecule has 0 amide bonds. The maximum Gasteiger partial charge on any atom is 0.279 e. The van der Waals surface area contributed by atoms with Gasteiger partial charge in [-0.2, -0.15) is 13.5 Å². The van der Waals surface area contributed by atoms with Crippen LogP contribution in [0.5, 0.6) is 0 Å². The molecule has 2 N–H and O–H groups in total. The number of sulfonamides is 1. The van der Waals surface area contributed by atoms with Gasteiger partial charge in [0.05, 0.1) is 11.9 Å². The van der Waals surface area contributed by atoms with Gasteiger partial charge in [-0.1, -0.05) is 12.1 Å². The first-order chi connectivity index (χ1) is 9.58. The molecule has 0 fully saturated rings. The molecular weight excluding hydrogens is 276 g/mol. The maximum absolute atomic E-state index is 12.4. The molecule has 7 heteroatoms. The highest BCUT2D eigenvalue weighted by Gasteiger charge is 2.21. The van der Waals surface area contributed by atoms with Crippen molar-refractivity contribution in [2.45, 2.75) is 18.0 Å². The summed E-state index contributed by atoms with van der Waals surface area (Å²) >= 11 is 0. The lowest BCUT2D eigenvalue weighted by molar-refractivity contribution is 0.581. The summed E-state index contributed by atoms with van der Waals surface area (Å²) in [6.45, 7) is 1.60. The lowest BCUT2D eigenvalue weighted by atomic mass is 10.00. The Morgan fingerprint density at radius 1 is 1.35 bits per heavy atom. The van der Waals surface area contributed by atoms with Crippen molar-refractivity contribution in [1.29, 1.82) is 0 Å². The number of anilines is 1. The Kier molecular flexibility index (Phi) is 3.23. The Bertz CT molecular complexity index is 737. The van der Waals surface area contributed by atoms with Crippen molar-refractivity contribution in [3.05, 3.63) is 41.6 Å². The van der Waals surface area contributed by atoms with Gasteiger partial charge in [-0.05, 0) is 36.2 Å². The van der Waals surface area contributed by atoms with E-state index in [0.717, 1.165) is 18.5 Å². The second-order valence-corrected chi connectivity index (χ2v) is 6.40. The first-order valence-corrected chi connectivity index (χ1v) is 7.88. The zero-order valence-electron chi connectivity index (χ0n) is 11.1. The van der Waals surface area contributed by atoms with Gasteiger partial charge in [0.15, 0.2) is 5.03 Å². The predicted octanol–water partition coefficient (Wildman–Crippen LogP) is 0.867. The summed E-state index contributed by atoms with van der Waals surface area (Å²) in [5, 5.41) is 7.31. The molecule has 1 aliphatic rings. The third-order valence-corrected chi connectivity index (χ3v) is 4.88. The minimum absolute atomic E-state index is 0.152. The fourth-order valence-electron chi connectivity index (χ4n) is 2.43. The summed E-state index contributed by atoms with van der Waals surface area (Å²) in [6.07, 6.45) is 2.38. The molecule has 2 heterocycles. The van der Waals surface area contributed by atoms with E-state index in [1.54, 1.807) is 13.1 Å². The summed E-state index contributed by atoms with van der Waals surface area (Å²) in [6, 6.07) is 7.19. The lowest BCUT2D eigenvalue weighted by Crippen LogP contribution is -2.26. The Hall–Kier alpha value is -1.86. The number of benzene rings is 1. The van der Waals surface area contributed by atoms with Gasteiger partial charge in [0.25, 0.3) is 10.0 Å². The van der Waals surface area contributed by atoms with Crippen LogP contribution in [-0.4, -0.2) is 24.7 Å². The van der Waals surface area contributed by atoms with E-state index in [1.807, 2.05) is 12.1 Å². The molecule has 6 nitrogen and oxygen atoms in total. The third-order valence-electron chi connectivity index (χ3n) is 3.44. The van der Waals surface area contributed by atoms with Gasteiger partial charge < -0.3 is 5.32 Å². The van der Waals surface area contributed by atoms with Crippen molar-refractivity contribution in [1.82, 2.24) is 15.1 Å². The molecule has 1 aromatic heterocycles. The van der Waals surface area contributed by atoms with Crippen LogP contribution in [0.3, 0.4) is 0 Å². The number of fused-ring (bicyclic) bond motifs is 1. The molecule has 0 bridgehead atoms. The number of hydrogen-bond acceptors (Lipinski definition) is 4. The van der Waals surface area contributed by atoms with Crippen LogP contribution in [0.15, 0.2) is 35.5 Å². The average Bonchev–Trinajstić information content (AvgIpc) is 2.86. The van der Waals surface area contributed by atoms with Crippen LogP contribution in [0.2, 0.25) is 0 Å². The molecule has 0 radical (unpaired) electrons. The molecule has 1 aliphatic heterocycles. The van der Waals surface area contributed by atoms with Gasteiger partial charge in [-0.25, -0.2) is 0 Å². The average molecular weight is 292 g/mol. The number of hydrogen-bond donors (Lipinski definition) is 2. The minimum atomic E-state index is -3.61. The van der Waals surface area contributed by atoms with Crippen molar-refractivity contribution >= 4 is 15.7 Å². The van der Waals surface area contributed by atoms with Crippen LogP contribution in [0.1, 0.15) is 11.1 Å². The Morgan fingerprint density at radius 2 is 2.20 bits per heavy atom. The van der Waals surface area contributed by atoms with E-state index in [-0.39, 0.29) is 5.03 Å². The van der Waals surface area contributed by atoms with Gasteiger partial charge in [-0.15, -0.1) is 0 Å². The molecule has 0 spiro atoms. The van der Waals surface area contributed by atoms with Gasteiger partial charge in [0, 0.05) is 13.6 Å². The quantitative estimate of drug-likeness (QED) is 0.880. The van der Waals surface area contributed by atoms with Gasteiger partial charge in [-0.3, -0.25) is 9.40 Å². The summed E-state index contributed by atoms with van der Waals surface area (Å²) in [5.41, 5.74) is 2.84. The van der Waals surface area contributed by atoms with Gasteiger partial charge in [0.2, 0.25) is 0 Å². The Balaban J connectivity index is 1.98. The van der Waals surface area contributed by atoms with Crippen LogP contribution in [0.25, 0.3) is 0 Å². The standard InChI is InChI=1S/C13H16N4O2S/c1-17-13(6-8-15-17)20(18,19)16-12-4-2-3-10-5-7-14-9-11(10)12/h2-4,6,8,14,16H,5,7,9H2,1H3. The number of nitrogens with one attached hydrogen (secondary N) is 2. The van der Waals surface area contributed by atoms with E-state index in [9.17, 15) is 8.42 Å². The van der Waals surface area contributed by atoms with E-state index in [4.69, 9.17) is 0 Å². The lowest BCUT2D eigenvalue weighted by Gasteiger charge is -2.21. The number of aryl methyl sites for hydroxylation is 1. The highest BCUT2D eigenvalue weighted by atomic mass is 32.2. The van der Waals surface area contributed by atoms with Crippen molar-refractivity contribution in [3.63, 3.8) is 0 Å². The summed E-state index contributed by atoms with van der Waals surface area (Å²) < 4.78 is 28.8. The monoisotopic (exact) mass is 292 g/mol. The first kappa shape index (κ1) is 13.1. The minimum Gasteiger partial charge on any atom is -0.312 e. The molecule has 20 heavy (non-hydrogen) atoms. The predicted molar refractivity (Wildman–Crippen MR) is 75.9 cm³/mol. The maximum atomic E-state index is 12.4. The van der Waals surface area contributed by atoms with E-state index in [1.165, 1.54) is 22.5 Å². The molecule has 3 rings (SSSR count). The fourth-order valence-corrected chi connectivity index (χ4v) is 3.65. The van der Waals surface area contributed by atoms with Gasteiger partial charge >= 0.3 is 0 Å². The molecule has 0 aliphatic carbocycles. The molecule has 0 unspecified atom stereocenters. The van der Waals surface area contributed by atoms with Crippen molar-refractivity contribution in [3.8, 4) is 0 Å². The number of rotatable bonds is 3. The summed E-state index contributed by atoms with van der Waals surface area (Å²) in [7, 11) is -2.00. The molecule has 1 aromatic carbocycles. The molecule has 106 valence electrons.